The molecule has 0 radical (unpaired) electrons. The van der Waals surface area contributed by atoms with E-state index in [9.17, 15) is 14.0 Å². The van der Waals surface area contributed by atoms with Gasteiger partial charge in [-0.3, -0.25) is 9.59 Å². The van der Waals surface area contributed by atoms with Crippen molar-refractivity contribution in [2.45, 2.75) is 31.8 Å². The summed E-state index contributed by atoms with van der Waals surface area (Å²) in [7, 11) is 0. The van der Waals surface area contributed by atoms with E-state index in [2.05, 4.69) is 26.6 Å². The summed E-state index contributed by atoms with van der Waals surface area (Å²) < 4.78 is 13.3. The van der Waals surface area contributed by atoms with Gasteiger partial charge < -0.3 is 10.6 Å². The summed E-state index contributed by atoms with van der Waals surface area (Å²) in [6, 6.07) is 3.42. The van der Waals surface area contributed by atoms with Gasteiger partial charge in [0.25, 0.3) is 5.91 Å². The van der Waals surface area contributed by atoms with E-state index in [0.29, 0.717) is 10.0 Å². The molecule has 1 aliphatic rings. The van der Waals surface area contributed by atoms with Crippen molar-refractivity contribution in [2.24, 2.45) is 0 Å². The first-order chi connectivity index (χ1) is 8.97. The lowest BCUT2D eigenvalue weighted by molar-refractivity contribution is -0.122. The highest BCUT2D eigenvalue weighted by Gasteiger charge is 2.26. The van der Waals surface area contributed by atoms with E-state index in [4.69, 9.17) is 0 Å². The second kappa shape index (κ2) is 5.69. The van der Waals surface area contributed by atoms with Crippen LogP contribution in [-0.2, 0) is 4.79 Å². The molecule has 0 heterocycles. The summed E-state index contributed by atoms with van der Waals surface area (Å²) in [6.07, 6.45) is 1.99. The van der Waals surface area contributed by atoms with Crippen LogP contribution in [0.25, 0.3) is 0 Å². The van der Waals surface area contributed by atoms with E-state index in [1.54, 1.807) is 6.92 Å². The van der Waals surface area contributed by atoms with Crippen LogP contribution < -0.4 is 10.6 Å². The monoisotopic (exact) mass is 328 g/mol. The molecule has 1 aromatic carbocycles. The molecule has 0 aliphatic heterocycles. The third kappa shape index (κ3) is 3.76. The lowest BCUT2D eigenvalue weighted by Gasteiger charge is -2.14. The van der Waals surface area contributed by atoms with Crippen molar-refractivity contribution in [1.29, 1.82) is 0 Å². The number of hydrogen-bond donors (Lipinski definition) is 2. The first-order valence-corrected chi connectivity index (χ1v) is 6.83. The van der Waals surface area contributed by atoms with Crippen molar-refractivity contribution in [2.75, 3.05) is 0 Å². The fraction of sp³-hybridized carbons (Fsp3) is 0.385. The number of carbonyl (C=O) groups is 2. The van der Waals surface area contributed by atoms with Crippen LogP contribution in [-0.4, -0.2) is 23.9 Å². The van der Waals surface area contributed by atoms with Crippen molar-refractivity contribution < 1.29 is 14.0 Å². The smallest absolute Gasteiger partial charge is 0.253 e. The quantitative estimate of drug-likeness (QED) is 0.888. The Morgan fingerprint density at radius 1 is 1.42 bits per heavy atom. The van der Waals surface area contributed by atoms with E-state index >= 15 is 0 Å². The minimum Gasteiger partial charge on any atom is -0.352 e. The van der Waals surface area contributed by atoms with Crippen LogP contribution in [0.15, 0.2) is 22.7 Å². The second-order valence-electron chi connectivity index (χ2n) is 4.60. The topological polar surface area (TPSA) is 58.2 Å². The molecule has 2 rings (SSSR count). The van der Waals surface area contributed by atoms with Crippen molar-refractivity contribution >= 4 is 27.7 Å². The molecule has 1 fully saturated rings. The van der Waals surface area contributed by atoms with Gasteiger partial charge in [0.2, 0.25) is 5.91 Å². The highest BCUT2D eigenvalue weighted by atomic mass is 79.9. The van der Waals surface area contributed by atoms with Crippen LogP contribution in [0.3, 0.4) is 0 Å². The molecule has 0 saturated heterocycles. The number of rotatable bonds is 4. The number of hydrogen-bond acceptors (Lipinski definition) is 2. The number of amides is 2. The Morgan fingerprint density at radius 3 is 2.68 bits per heavy atom. The van der Waals surface area contributed by atoms with Gasteiger partial charge in [-0.05, 0) is 53.9 Å². The SMILES string of the molecule is CC(NC(=O)c1ccc(F)cc1Br)C(=O)NC1CC1. The van der Waals surface area contributed by atoms with Crippen LogP contribution >= 0.6 is 15.9 Å². The Hall–Kier alpha value is -1.43. The number of carbonyl (C=O) groups excluding carboxylic acids is 2. The zero-order chi connectivity index (χ0) is 14.0. The van der Waals surface area contributed by atoms with E-state index in [0.717, 1.165) is 12.8 Å². The van der Waals surface area contributed by atoms with Crippen LogP contribution in [0, 0.1) is 5.82 Å². The maximum Gasteiger partial charge on any atom is 0.253 e. The molecular formula is C13H14BrFN2O2. The molecule has 19 heavy (non-hydrogen) atoms. The molecular weight excluding hydrogens is 315 g/mol. The normalized spacial score (nSPS) is 15.7. The first kappa shape index (κ1) is 14.0. The zero-order valence-electron chi connectivity index (χ0n) is 10.4. The lowest BCUT2D eigenvalue weighted by Crippen LogP contribution is -2.45. The lowest BCUT2D eigenvalue weighted by atomic mass is 10.2. The predicted octanol–water partition coefficient (Wildman–Crippen LogP) is 1.99. The Kier molecular flexibility index (Phi) is 4.19. The molecule has 0 aromatic heterocycles. The molecule has 1 unspecified atom stereocenters. The van der Waals surface area contributed by atoms with Crippen molar-refractivity contribution in [3.05, 3.63) is 34.1 Å². The standard InChI is InChI=1S/C13H14BrFN2O2/c1-7(12(18)17-9-3-4-9)16-13(19)10-5-2-8(15)6-11(10)14/h2,5-7,9H,3-4H2,1H3,(H,16,19)(H,17,18). The molecule has 1 saturated carbocycles. The fourth-order valence-electron chi connectivity index (χ4n) is 1.57. The number of benzene rings is 1. The highest BCUT2D eigenvalue weighted by molar-refractivity contribution is 9.10. The van der Waals surface area contributed by atoms with E-state index in [-0.39, 0.29) is 11.9 Å². The van der Waals surface area contributed by atoms with Gasteiger partial charge in [0.15, 0.2) is 0 Å². The Bertz CT molecular complexity index is 517. The van der Waals surface area contributed by atoms with Gasteiger partial charge >= 0.3 is 0 Å². The van der Waals surface area contributed by atoms with Crippen LogP contribution in [0.1, 0.15) is 30.1 Å². The molecule has 1 atom stereocenters. The van der Waals surface area contributed by atoms with Crippen LogP contribution in [0.4, 0.5) is 4.39 Å². The molecule has 6 heteroatoms. The van der Waals surface area contributed by atoms with Crippen molar-refractivity contribution in [3.63, 3.8) is 0 Å². The minimum atomic E-state index is -0.620. The maximum atomic E-state index is 12.9. The summed E-state index contributed by atoms with van der Waals surface area (Å²) in [5.74, 6) is -1.04. The van der Waals surface area contributed by atoms with Gasteiger partial charge in [0.05, 0.1) is 5.56 Å². The fourth-order valence-corrected chi connectivity index (χ4v) is 2.10. The predicted molar refractivity (Wildman–Crippen MR) is 72.2 cm³/mol. The zero-order valence-corrected chi connectivity index (χ0v) is 12.0. The molecule has 4 nitrogen and oxygen atoms in total. The number of halogens is 2. The van der Waals surface area contributed by atoms with E-state index in [1.165, 1.54) is 18.2 Å². The third-order valence-corrected chi connectivity index (χ3v) is 3.50. The first-order valence-electron chi connectivity index (χ1n) is 6.03. The average Bonchev–Trinajstić information content (AvgIpc) is 3.12. The molecule has 2 amide bonds. The van der Waals surface area contributed by atoms with Gasteiger partial charge in [0.1, 0.15) is 11.9 Å². The van der Waals surface area contributed by atoms with Gasteiger partial charge in [-0.2, -0.15) is 0 Å². The summed E-state index contributed by atoms with van der Waals surface area (Å²) >= 11 is 3.12. The third-order valence-electron chi connectivity index (χ3n) is 2.84. The summed E-state index contributed by atoms with van der Waals surface area (Å²) in [4.78, 5) is 23.7. The summed E-state index contributed by atoms with van der Waals surface area (Å²) in [6.45, 7) is 1.62. The van der Waals surface area contributed by atoms with Crippen molar-refractivity contribution in [3.8, 4) is 0 Å². The Balaban J connectivity index is 1.97. The Morgan fingerprint density at radius 2 is 2.11 bits per heavy atom. The minimum absolute atomic E-state index is 0.200. The van der Waals surface area contributed by atoms with Gasteiger partial charge in [0, 0.05) is 10.5 Å². The molecule has 0 spiro atoms. The van der Waals surface area contributed by atoms with Crippen LogP contribution in [0.2, 0.25) is 0 Å². The van der Waals surface area contributed by atoms with Gasteiger partial charge in [-0.25, -0.2) is 4.39 Å². The van der Waals surface area contributed by atoms with Gasteiger partial charge in [-0.1, -0.05) is 0 Å². The molecule has 102 valence electrons. The highest BCUT2D eigenvalue weighted by Crippen LogP contribution is 2.19. The summed E-state index contributed by atoms with van der Waals surface area (Å²) in [5.41, 5.74) is 0.299. The van der Waals surface area contributed by atoms with E-state index in [1.807, 2.05) is 0 Å². The molecule has 2 N–H and O–H groups in total. The molecule has 1 aliphatic carbocycles. The summed E-state index contributed by atoms with van der Waals surface area (Å²) in [5, 5.41) is 5.39. The van der Waals surface area contributed by atoms with Crippen LogP contribution in [0.5, 0.6) is 0 Å². The molecule has 0 bridgehead atoms. The van der Waals surface area contributed by atoms with Crippen molar-refractivity contribution in [1.82, 2.24) is 10.6 Å². The van der Waals surface area contributed by atoms with Gasteiger partial charge in [-0.15, -0.1) is 0 Å². The number of nitrogens with one attached hydrogen (secondary N) is 2. The van der Waals surface area contributed by atoms with E-state index < -0.39 is 17.8 Å². The maximum absolute atomic E-state index is 12.9. The molecule has 1 aromatic rings. The second-order valence-corrected chi connectivity index (χ2v) is 5.46. The average molecular weight is 329 g/mol. The largest absolute Gasteiger partial charge is 0.352 e. The Labute approximate surface area is 118 Å².